The molecule has 1 heterocycles. The predicted molar refractivity (Wildman–Crippen MR) is 78.5 cm³/mol. The van der Waals surface area contributed by atoms with E-state index in [1.165, 1.54) is 11.1 Å². The van der Waals surface area contributed by atoms with Crippen LogP contribution in [0.25, 0.3) is 22.4 Å². The van der Waals surface area contributed by atoms with Crippen molar-refractivity contribution >= 4 is 5.82 Å². The first-order valence-corrected chi connectivity index (χ1v) is 6.18. The van der Waals surface area contributed by atoms with Gasteiger partial charge in [-0.3, -0.25) is 0 Å². The first-order valence-electron chi connectivity index (χ1n) is 6.18. The molecule has 3 nitrogen and oxygen atoms in total. The minimum atomic E-state index is 0.687. The molecule has 3 rings (SSSR count). The molecule has 0 saturated carbocycles. The summed E-state index contributed by atoms with van der Waals surface area (Å²) in [5, 5.41) is 0. The maximum atomic E-state index is 5.98. The van der Waals surface area contributed by atoms with Crippen LogP contribution in [0.3, 0.4) is 0 Å². The van der Waals surface area contributed by atoms with Gasteiger partial charge in [-0.1, -0.05) is 54.6 Å². The zero-order chi connectivity index (χ0) is 13.2. The van der Waals surface area contributed by atoms with Gasteiger partial charge >= 0.3 is 0 Å². The largest absolute Gasteiger partial charge is 0.383 e. The molecule has 2 N–H and O–H groups in total. The maximum absolute atomic E-state index is 5.98. The van der Waals surface area contributed by atoms with E-state index in [4.69, 9.17) is 5.73 Å². The highest BCUT2D eigenvalue weighted by molar-refractivity contribution is 5.73. The fraction of sp³-hybridized carbons (Fsp3) is 0.0625. The molecule has 0 spiro atoms. The topological polar surface area (TPSA) is 43.8 Å². The van der Waals surface area contributed by atoms with E-state index < -0.39 is 0 Å². The van der Waals surface area contributed by atoms with E-state index in [-0.39, 0.29) is 0 Å². The lowest BCUT2D eigenvalue weighted by molar-refractivity contribution is 0.925. The van der Waals surface area contributed by atoms with Gasteiger partial charge in [0.15, 0.2) is 0 Å². The van der Waals surface area contributed by atoms with Crippen LogP contribution in [-0.4, -0.2) is 9.55 Å². The van der Waals surface area contributed by atoms with E-state index in [2.05, 4.69) is 41.4 Å². The fourth-order valence-corrected chi connectivity index (χ4v) is 2.11. The second kappa shape index (κ2) is 4.61. The molecule has 19 heavy (non-hydrogen) atoms. The van der Waals surface area contributed by atoms with Crippen LogP contribution in [0.15, 0.2) is 60.9 Å². The smallest absolute Gasteiger partial charge is 0.131 e. The summed E-state index contributed by atoms with van der Waals surface area (Å²) in [5.41, 5.74) is 10.3. The molecular weight excluding hydrogens is 234 g/mol. The normalized spacial score (nSPS) is 10.6. The van der Waals surface area contributed by atoms with Gasteiger partial charge in [0.05, 0.1) is 6.33 Å². The van der Waals surface area contributed by atoms with Crippen LogP contribution in [-0.2, 0) is 7.05 Å². The van der Waals surface area contributed by atoms with Gasteiger partial charge < -0.3 is 10.3 Å². The van der Waals surface area contributed by atoms with Crippen LogP contribution in [0, 0.1) is 0 Å². The zero-order valence-corrected chi connectivity index (χ0v) is 10.7. The lowest BCUT2D eigenvalue weighted by Gasteiger charge is -2.04. The molecular formula is C16H15N3. The molecule has 1 aromatic heterocycles. The summed E-state index contributed by atoms with van der Waals surface area (Å²) < 4.78 is 1.82. The van der Waals surface area contributed by atoms with Gasteiger partial charge in [-0.15, -0.1) is 0 Å². The summed E-state index contributed by atoms with van der Waals surface area (Å²) in [7, 11) is 1.89. The van der Waals surface area contributed by atoms with Gasteiger partial charge in [-0.2, -0.15) is 0 Å². The number of hydrogen-bond donors (Lipinski definition) is 1. The van der Waals surface area contributed by atoms with E-state index >= 15 is 0 Å². The van der Waals surface area contributed by atoms with Crippen molar-refractivity contribution in [3.63, 3.8) is 0 Å². The summed E-state index contributed by atoms with van der Waals surface area (Å²) in [5.74, 6) is 0.687. The Morgan fingerprint density at radius 3 is 2.00 bits per heavy atom. The molecule has 0 aliphatic heterocycles. The Labute approximate surface area is 112 Å². The molecule has 94 valence electrons. The van der Waals surface area contributed by atoms with Gasteiger partial charge in [-0.25, -0.2) is 4.98 Å². The van der Waals surface area contributed by atoms with Crippen molar-refractivity contribution in [2.24, 2.45) is 7.05 Å². The number of benzene rings is 2. The van der Waals surface area contributed by atoms with Gasteiger partial charge in [0.2, 0.25) is 0 Å². The third-order valence-electron chi connectivity index (χ3n) is 3.25. The lowest BCUT2D eigenvalue weighted by atomic mass is 10.0. The van der Waals surface area contributed by atoms with Gasteiger partial charge in [0.1, 0.15) is 11.5 Å². The van der Waals surface area contributed by atoms with Crippen molar-refractivity contribution in [3.05, 3.63) is 60.9 Å². The number of rotatable bonds is 2. The Hall–Kier alpha value is -2.55. The van der Waals surface area contributed by atoms with E-state index in [0.717, 1.165) is 11.3 Å². The monoisotopic (exact) mass is 249 g/mol. The molecule has 0 radical (unpaired) electrons. The minimum Gasteiger partial charge on any atom is -0.383 e. The Morgan fingerprint density at radius 1 is 0.842 bits per heavy atom. The summed E-state index contributed by atoms with van der Waals surface area (Å²) in [6.07, 6.45) is 1.73. The molecule has 2 aromatic carbocycles. The number of aryl methyl sites for hydroxylation is 1. The van der Waals surface area contributed by atoms with Crippen LogP contribution in [0.1, 0.15) is 0 Å². The molecule has 0 bridgehead atoms. The third-order valence-corrected chi connectivity index (χ3v) is 3.25. The summed E-state index contributed by atoms with van der Waals surface area (Å²) in [6, 6.07) is 18.6. The minimum absolute atomic E-state index is 0.687. The van der Waals surface area contributed by atoms with E-state index in [1.54, 1.807) is 6.33 Å². The number of nitrogen functional groups attached to an aromatic ring is 1. The van der Waals surface area contributed by atoms with Crippen molar-refractivity contribution in [2.75, 3.05) is 5.73 Å². The average Bonchev–Trinajstić information content (AvgIpc) is 2.80. The van der Waals surface area contributed by atoms with Crippen molar-refractivity contribution < 1.29 is 0 Å². The summed E-state index contributed by atoms with van der Waals surface area (Å²) in [6.45, 7) is 0. The molecule has 3 heteroatoms. The van der Waals surface area contributed by atoms with Crippen molar-refractivity contribution in [1.82, 2.24) is 9.55 Å². The zero-order valence-electron chi connectivity index (χ0n) is 10.7. The fourth-order valence-electron chi connectivity index (χ4n) is 2.11. The number of nitrogens with two attached hydrogens (primary N) is 1. The number of aromatic nitrogens is 2. The van der Waals surface area contributed by atoms with Crippen LogP contribution in [0.4, 0.5) is 5.82 Å². The molecule has 0 amide bonds. The second-order valence-electron chi connectivity index (χ2n) is 4.53. The van der Waals surface area contributed by atoms with Gasteiger partial charge in [0, 0.05) is 12.6 Å². The predicted octanol–water partition coefficient (Wildman–Crippen LogP) is 3.34. The molecule has 0 atom stereocenters. The van der Waals surface area contributed by atoms with E-state index in [9.17, 15) is 0 Å². The Balaban J connectivity index is 1.98. The van der Waals surface area contributed by atoms with Crippen LogP contribution in [0.5, 0.6) is 0 Å². The van der Waals surface area contributed by atoms with E-state index in [1.807, 2.05) is 29.8 Å². The van der Waals surface area contributed by atoms with Gasteiger partial charge in [0.25, 0.3) is 0 Å². The quantitative estimate of drug-likeness (QED) is 0.757. The molecule has 0 aliphatic rings. The van der Waals surface area contributed by atoms with Crippen molar-refractivity contribution in [2.45, 2.75) is 0 Å². The molecule has 3 aromatic rings. The standard InChI is InChI=1S/C16H15N3/c1-19-11-18-15(16(19)17)14-9-7-13(8-10-14)12-5-3-2-4-6-12/h2-11H,17H2,1H3. The Kier molecular flexibility index (Phi) is 2.80. The summed E-state index contributed by atoms with van der Waals surface area (Å²) in [4.78, 5) is 4.33. The lowest BCUT2D eigenvalue weighted by Crippen LogP contribution is -1.95. The average molecular weight is 249 g/mol. The molecule has 0 unspecified atom stereocenters. The third kappa shape index (κ3) is 2.10. The SMILES string of the molecule is Cn1cnc(-c2ccc(-c3ccccc3)cc2)c1N. The summed E-state index contributed by atoms with van der Waals surface area (Å²) >= 11 is 0. The Morgan fingerprint density at radius 2 is 1.42 bits per heavy atom. The highest BCUT2D eigenvalue weighted by Gasteiger charge is 2.07. The first kappa shape index (κ1) is 11.5. The first-order chi connectivity index (χ1) is 9.25. The Bertz CT molecular complexity index is 682. The molecule has 0 saturated heterocycles. The van der Waals surface area contributed by atoms with Crippen LogP contribution >= 0.6 is 0 Å². The highest BCUT2D eigenvalue weighted by Crippen LogP contribution is 2.26. The molecule has 0 fully saturated rings. The van der Waals surface area contributed by atoms with Crippen molar-refractivity contribution in [3.8, 4) is 22.4 Å². The maximum Gasteiger partial charge on any atom is 0.131 e. The van der Waals surface area contributed by atoms with Crippen LogP contribution < -0.4 is 5.73 Å². The molecule has 0 aliphatic carbocycles. The second-order valence-corrected chi connectivity index (χ2v) is 4.53. The number of hydrogen-bond acceptors (Lipinski definition) is 2. The number of anilines is 1. The highest BCUT2D eigenvalue weighted by atomic mass is 15.1. The number of imidazole rings is 1. The van der Waals surface area contributed by atoms with Crippen molar-refractivity contribution in [1.29, 1.82) is 0 Å². The van der Waals surface area contributed by atoms with Gasteiger partial charge in [-0.05, 0) is 11.1 Å². The van der Waals surface area contributed by atoms with Crippen LogP contribution in [0.2, 0.25) is 0 Å². The van der Waals surface area contributed by atoms with E-state index in [0.29, 0.717) is 5.82 Å². The number of nitrogens with zero attached hydrogens (tertiary/aromatic N) is 2.